The molecule has 1 unspecified atom stereocenters. The molecular formula is C13H20O3. The van der Waals surface area contributed by atoms with Crippen molar-refractivity contribution < 1.29 is 14.6 Å². The minimum atomic E-state index is -0.871. The van der Waals surface area contributed by atoms with E-state index in [4.69, 9.17) is 4.74 Å². The van der Waals surface area contributed by atoms with Gasteiger partial charge in [-0.15, -0.1) is 0 Å². The highest BCUT2D eigenvalue weighted by Crippen LogP contribution is 2.33. The lowest BCUT2D eigenvalue weighted by molar-refractivity contribution is -0.183. The monoisotopic (exact) mass is 224 g/mol. The predicted molar refractivity (Wildman–Crippen MR) is 60.8 cm³/mol. The Labute approximate surface area is 96.5 Å². The molecule has 0 amide bonds. The molecule has 0 aromatic heterocycles. The van der Waals surface area contributed by atoms with Crippen LogP contribution in [0, 0.1) is 11.8 Å². The first-order chi connectivity index (χ1) is 7.68. The Morgan fingerprint density at radius 3 is 3.00 bits per heavy atom. The van der Waals surface area contributed by atoms with E-state index in [0.29, 0.717) is 18.9 Å². The van der Waals surface area contributed by atoms with Crippen molar-refractivity contribution in [2.75, 3.05) is 6.61 Å². The minimum Gasteiger partial charge on any atom is -0.367 e. The van der Waals surface area contributed by atoms with E-state index in [9.17, 15) is 9.90 Å². The molecule has 16 heavy (non-hydrogen) atoms. The van der Waals surface area contributed by atoms with Gasteiger partial charge in [0.15, 0.2) is 6.29 Å². The smallest absolute Gasteiger partial charge is 0.164 e. The number of aliphatic hydroxyl groups excluding tert-OH is 1. The Morgan fingerprint density at radius 2 is 2.19 bits per heavy atom. The maximum atomic E-state index is 12.0. The summed E-state index contributed by atoms with van der Waals surface area (Å²) in [7, 11) is 0. The van der Waals surface area contributed by atoms with Gasteiger partial charge in [-0.3, -0.25) is 4.79 Å². The number of allylic oxidation sites excluding steroid dienone is 2. The van der Waals surface area contributed by atoms with Crippen LogP contribution in [-0.2, 0) is 9.53 Å². The Morgan fingerprint density at radius 1 is 1.38 bits per heavy atom. The van der Waals surface area contributed by atoms with Gasteiger partial charge in [-0.25, -0.2) is 0 Å². The minimum absolute atomic E-state index is 0.170. The number of rotatable bonds is 0. The predicted octanol–water partition coefficient (Wildman–Crippen LogP) is 2.05. The Hall–Kier alpha value is -0.670. The molecule has 3 nitrogen and oxygen atoms in total. The van der Waals surface area contributed by atoms with Gasteiger partial charge in [0.05, 0.1) is 12.5 Å². The van der Waals surface area contributed by atoms with Gasteiger partial charge in [0.25, 0.3) is 0 Å². The van der Waals surface area contributed by atoms with Crippen LogP contribution in [0.4, 0.5) is 0 Å². The topological polar surface area (TPSA) is 46.5 Å². The van der Waals surface area contributed by atoms with E-state index in [1.807, 2.05) is 0 Å². The number of ketones is 1. The lowest BCUT2D eigenvalue weighted by Crippen LogP contribution is -2.41. The number of fused-ring (bicyclic) bond motifs is 1. The highest BCUT2D eigenvalue weighted by Gasteiger charge is 2.37. The van der Waals surface area contributed by atoms with Crippen LogP contribution in [0.25, 0.3) is 0 Å². The fourth-order valence-corrected chi connectivity index (χ4v) is 2.74. The molecule has 3 heteroatoms. The Bertz CT molecular complexity index is 296. The number of Topliss-reactive ketones (excluding diaryl/α,β-unsaturated/α-hetero) is 1. The summed E-state index contributed by atoms with van der Waals surface area (Å²) in [5, 5.41) is 9.79. The Balaban J connectivity index is 2.14. The highest BCUT2D eigenvalue weighted by atomic mass is 16.6. The molecule has 1 aliphatic heterocycles. The normalized spacial score (nSPS) is 40.0. The quantitative estimate of drug-likeness (QED) is 0.640. The Kier molecular flexibility index (Phi) is 3.77. The van der Waals surface area contributed by atoms with Gasteiger partial charge in [-0.05, 0) is 38.5 Å². The summed E-state index contributed by atoms with van der Waals surface area (Å²) in [6.07, 6.45) is 5.58. The van der Waals surface area contributed by atoms with Crippen molar-refractivity contribution in [2.45, 2.75) is 45.3 Å². The lowest BCUT2D eigenvalue weighted by atomic mass is 9.80. The summed E-state index contributed by atoms with van der Waals surface area (Å²) in [6, 6.07) is 0. The molecule has 1 aliphatic carbocycles. The first-order valence-corrected chi connectivity index (χ1v) is 6.16. The number of ether oxygens (including phenoxy) is 1. The molecule has 2 rings (SSSR count). The SMILES string of the molecule is C/C1=C\CCC(=O)[C@H]2C(CCO[C@@H]2O)CC1. The molecule has 1 saturated heterocycles. The number of aliphatic hydroxyl groups is 1. The second-order valence-corrected chi connectivity index (χ2v) is 4.93. The number of carbonyl (C=O) groups is 1. The molecule has 0 radical (unpaired) electrons. The fourth-order valence-electron chi connectivity index (χ4n) is 2.74. The molecule has 0 aromatic carbocycles. The third-order valence-electron chi connectivity index (χ3n) is 3.76. The molecule has 0 spiro atoms. The summed E-state index contributed by atoms with van der Waals surface area (Å²) < 4.78 is 5.20. The van der Waals surface area contributed by atoms with Gasteiger partial charge in [-0.2, -0.15) is 0 Å². The second-order valence-electron chi connectivity index (χ2n) is 4.93. The van der Waals surface area contributed by atoms with E-state index >= 15 is 0 Å². The van der Waals surface area contributed by atoms with Crippen molar-refractivity contribution in [2.24, 2.45) is 11.8 Å². The summed E-state index contributed by atoms with van der Waals surface area (Å²) in [5.74, 6) is 0.189. The van der Waals surface area contributed by atoms with Crippen molar-refractivity contribution in [1.29, 1.82) is 0 Å². The third-order valence-corrected chi connectivity index (χ3v) is 3.76. The number of hydrogen-bond acceptors (Lipinski definition) is 3. The standard InChI is InChI=1S/C13H20O3/c1-9-3-2-4-11(14)12-10(6-5-9)7-8-16-13(12)15/h3,10,12-13,15H,2,4-8H2,1H3/b9-3+/t10?,12-,13+/m1/s1. The van der Waals surface area contributed by atoms with E-state index in [-0.39, 0.29) is 11.7 Å². The van der Waals surface area contributed by atoms with Crippen LogP contribution in [0.2, 0.25) is 0 Å². The summed E-state index contributed by atoms with van der Waals surface area (Å²) in [4.78, 5) is 12.0. The zero-order chi connectivity index (χ0) is 11.5. The van der Waals surface area contributed by atoms with Crippen LogP contribution >= 0.6 is 0 Å². The summed E-state index contributed by atoms with van der Waals surface area (Å²) in [6.45, 7) is 2.71. The first-order valence-electron chi connectivity index (χ1n) is 6.16. The van der Waals surface area contributed by atoms with Crippen LogP contribution in [0.3, 0.4) is 0 Å². The van der Waals surface area contributed by atoms with Gasteiger partial charge in [0.2, 0.25) is 0 Å². The molecule has 0 aromatic rings. The lowest BCUT2D eigenvalue weighted by Gasteiger charge is -2.34. The van der Waals surface area contributed by atoms with Gasteiger partial charge in [0.1, 0.15) is 5.78 Å². The zero-order valence-electron chi connectivity index (χ0n) is 9.82. The van der Waals surface area contributed by atoms with Crippen LogP contribution in [0.5, 0.6) is 0 Å². The van der Waals surface area contributed by atoms with E-state index in [1.54, 1.807) is 0 Å². The fraction of sp³-hybridized carbons (Fsp3) is 0.769. The largest absolute Gasteiger partial charge is 0.367 e. The van der Waals surface area contributed by atoms with Crippen molar-refractivity contribution in [3.63, 3.8) is 0 Å². The van der Waals surface area contributed by atoms with E-state index < -0.39 is 6.29 Å². The van der Waals surface area contributed by atoms with E-state index in [0.717, 1.165) is 25.7 Å². The second kappa shape index (κ2) is 5.11. The van der Waals surface area contributed by atoms with Crippen LogP contribution in [0.15, 0.2) is 11.6 Å². The summed E-state index contributed by atoms with van der Waals surface area (Å²) >= 11 is 0. The number of hydrogen-bond donors (Lipinski definition) is 1. The van der Waals surface area contributed by atoms with E-state index in [2.05, 4.69) is 13.0 Å². The van der Waals surface area contributed by atoms with Crippen molar-refractivity contribution in [3.8, 4) is 0 Å². The van der Waals surface area contributed by atoms with Crippen molar-refractivity contribution in [1.82, 2.24) is 0 Å². The highest BCUT2D eigenvalue weighted by molar-refractivity contribution is 5.82. The molecule has 2 aliphatic rings. The molecule has 0 saturated carbocycles. The molecule has 90 valence electrons. The van der Waals surface area contributed by atoms with Gasteiger partial charge in [0, 0.05) is 6.42 Å². The number of carbonyl (C=O) groups excluding carboxylic acids is 1. The average Bonchev–Trinajstić information content (AvgIpc) is 2.31. The van der Waals surface area contributed by atoms with Gasteiger partial charge < -0.3 is 9.84 Å². The zero-order valence-corrected chi connectivity index (χ0v) is 9.82. The molecule has 1 heterocycles. The average molecular weight is 224 g/mol. The molecule has 1 N–H and O–H groups in total. The van der Waals surface area contributed by atoms with Crippen molar-refractivity contribution in [3.05, 3.63) is 11.6 Å². The molecule has 0 bridgehead atoms. The third kappa shape index (κ3) is 2.53. The van der Waals surface area contributed by atoms with E-state index in [1.165, 1.54) is 5.57 Å². The first kappa shape index (κ1) is 11.8. The molecular weight excluding hydrogens is 204 g/mol. The van der Waals surface area contributed by atoms with Crippen LogP contribution in [0.1, 0.15) is 39.0 Å². The van der Waals surface area contributed by atoms with Crippen LogP contribution in [-0.4, -0.2) is 23.8 Å². The molecule has 3 atom stereocenters. The molecule has 1 fully saturated rings. The van der Waals surface area contributed by atoms with Gasteiger partial charge >= 0.3 is 0 Å². The maximum Gasteiger partial charge on any atom is 0.164 e. The maximum absolute atomic E-state index is 12.0. The van der Waals surface area contributed by atoms with Crippen molar-refractivity contribution >= 4 is 5.78 Å². The van der Waals surface area contributed by atoms with Gasteiger partial charge in [-0.1, -0.05) is 11.6 Å². The summed E-state index contributed by atoms with van der Waals surface area (Å²) in [5.41, 5.74) is 1.37. The van der Waals surface area contributed by atoms with Crippen LogP contribution < -0.4 is 0 Å².